The molecule has 0 nitrogen and oxygen atoms in total. The summed E-state index contributed by atoms with van der Waals surface area (Å²) < 4.78 is 25.9. The van der Waals surface area contributed by atoms with Crippen molar-refractivity contribution in [1.29, 1.82) is 0 Å². The summed E-state index contributed by atoms with van der Waals surface area (Å²) in [7, 11) is 0. The fraction of sp³-hybridized carbons (Fsp3) is 0.500. The van der Waals surface area contributed by atoms with Crippen molar-refractivity contribution in [2.75, 3.05) is 0 Å². The second-order valence-corrected chi connectivity index (χ2v) is 5.11. The van der Waals surface area contributed by atoms with Crippen LogP contribution in [0.15, 0.2) is 30.3 Å². The van der Waals surface area contributed by atoms with E-state index < -0.39 is 9.85 Å². The van der Waals surface area contributed by atoms with Crippen LogP contribution in [0.1, 0.15) is 25.3 Å². The van der Waals surface area contributed by atoms with Crippen LogP contribution in [0.5, 0.6) is 0 Å². The molecule has 1 aromatic carbocycles. The predicted octanol–water partition coefficient (Wildman–Crippen LogP) is 4.47. The van der Waals surface area contributed by atoms with Gasteiger partial charge in [0.1, 0.15) is 0 Å². The summed E-state index contributed by atoms with van der Waals surface area (Å²) in [5.41, 5.74) is 1.13. The Labute approximate surface area is 103 Å². The Bertz CT molecular complexity index is 285. The third-order valence-electron chi connectivity index (χ3n) is 2.46. The molecule has 0 heterocycles. The van der Waals surface area contributed by atoms with E-state index in [0.29, 0.717) is 6.42 Å². The van der Waals surface area contributed by atoms with Crippen LogP contribution < -0.4 is 0 Å². The van der Waals surface area contributed by atoms with E-state index in [1.54, 1.807) is 0 Å². The van der Waals surface area contributed by atoms with Crippen LogP contribution in [0.25, 0.3) is 0 Å². The molecule has 0 aromatic heterocycles. The van der Waals surface area contributed by atoms with Crippen LogP contribution in [0, 0.1) is 0 Å². The molecule has 0 bridgehead atoms. The Kier molecular flexibility index (Phi) is 4.96. The van der Waals surface area contributed by atoms with Gasteiger partial charge in [-0.1, -0.05) is 59.8 Å². The lowest BCUT2D eigenvalue weighted by molar-refractivity contribution is -0.00180. The van der Waals surface area contributed by atoms with Crippen LogP contribution in [-0.4, -0.2) is 9.85 Å². The first-order chi connectivity index (χ1) is 7.06. The van der Waals surface area contributed by atoms with E-state index in [0.717, 1.165) is 12.0 Å². The Morgan fingerprint density at radius 1 is 1.27 bits per heavy atom. The smallest absolute Gasteiger partial charge is 0.206 e. The standard InChI is InChI=1S/C12H15F2I/c1-2-12(13,14)11(15)9-8-10-6-4-3-5-7-10/h3-7,11H,2,8-9H2,1H3. The van der Waals surface area contributed by atoms with Crippen molar-refractivity contribution in [3.8, 4) is 0 Å². The number of hydrogen-bond acceptors (Lipinski definition) is 0. The van der Waals surface area contributed by atoms with Crippen molar-refractivity contribution in [1.82, 2.24) is 0 Å². The molecular weight excluding hydrogens is 309 g/mol. The molecule has 0 saturated carbocycles. The van der Waals surface area contributed by atoms with Gasteiger partial charge in [-0.2, -0.15) is 0 Å². The van der Waals surface area contributed by atoms with Gasteiger partial charge in [-0.25, -0.2) is 8.78 Å². The fourth-order valence-electron chi connectivity index (χ4n) is 1.37. The van der Waals surface area contributed by atoms with Gasteiger partial charge in [0.05, 0.1) is 3.92 Å². The summed E-state index contributed by atoms with van der Waals surface area (Å²) in [6, 6.07) is 9.78. The monoisotopic (exact) mass is 324 g/mol. The Balaban J connectivity index is 2.44. The molecule has 0 radical (unpaired) electrons. The van der Waals surface area contributed by atoms with Gasteiger partial charge >= 0.3 is 0 Å². The molecule has 0 aliphatic heterocycles. The van der Waals surface area contributed by atoms with Gasteiger partial charge in [-0.05, 0) is 18.4 Å². The first-order valence-corrected chi connectivity index (χ1v) is 6.36. The number of aryl methyl sites for hydroxylation is 1. The lowest BCUT2D eigenvalue weighted by Crippen LogP contribution is -2.27. The van der Waals surface area contributed by atoms with Crippen LogP contribution >= 0.6 is 22.6 Å². The van der Waals surface area contributed by atoms with Crippen molar-refractivity contribution in [2.45, 2.75) is 36.0 Å². The van der Waals surface area contributed by atoms with Crippen LogP contribution in [0.3, 0.4) is 0 Å². The summed E-state index contributed by atoms with van der Waals surface area (Å²) >= 11 is 1.86. The molecular formula is C12H15F2I. The van der Waals surface area contributed by atoms with E-state index in [1.807, 2.05) is 52.9 Å². The largest absolute Gasteiger partial charge is 0.259 e. The quantitative estimate of drug-likeness (QED) is 0.554. The van der Waals surface area contributed by atoms with Gasteiger partial charge in [-0.3, -0.25) is 0 Å². The van der Waals surface area contributed by atoms with Crippen LogP contribution in [-0.2, 0) is 6.42 Å². The van der Waals surface area contributed by atoms with Gasteiger partial charge in [0.2, 0.25) is 0 Å². The molecule has 0 spiro atoms. The molecule has 0 fully saturated rings. The second-order valence-electron chi connectivity index (χ2n) is 3.61. The number of benzene rings is 1. The summed E-state index contributed by atoms with van der Waals surface area (Å²) in [6.07, 6.45) is 1.19. The highest BCUT2D eigenvalue weighted by Gasteiger charge is 2.34. The van der Waals surface area contributed by atoms with E-state index >= 15 is 0 Å². The summed E-state index contributed by atoms with van der Waals surface area (Å²) in [6.45, 7) is 1.54. The Morgan fingerprint density at radius 2 is 1.87 bits per heavy atom. The normalized spacial score (nSPS) is 13.9. The molecule has 1 atom stereocenters. The molecule has 1 aromatic rings. The number of halogens is 3. The van der Waals surface area contributed by atoms with Crippen molar-refractivity contribution in [3.63, 3.8) is 0 Å². The zero-order chi connectivity index (χ0) is 11.3. The van der Waals surface area contributed by atoms with Crippen molar-refractivity contribution >= 4 is 22.6 Å². The Hall–Kier alpha value is -0.190. The average Bonchev–Trinajstić information content (AvgIpc) is 2.27. The molecule has 15 heavy (non-hydrogen) atoms. The van der Waals surface area contributed by atoms with Crippen molar-refractivity contribution < 1.29 is 8.78 Å². The molecule has 0 N–H and O–H groups in total. The van der Waals surface area contributed by atoms with E-state index in [2.05, 4.69) is 0 Å². The van der Waals surface area contributed by atoms with E-state index in [-0.39, 0.29) is 6.42 Å². The van der Waals surface area contributed by atoms with Gasteiger partial charge < -0.3 is 0 Å². The molecule has 1 unspecified atom stereocenters. The highest BCUT2D eigenvalue weighted by atomic mass is 127. The van der Waals surface area contributed by atoms with Gasteiger partial charge in [0.25, 0.3) is 5.92 Å². The van der Waals surface area contributed by atoms with Gasteiger partial charge in [0, 0.05) is 6.42 Å². The summed E-state index contributed by atoms with van der Waals surface area (Å²) in [5.74, 6) is -2.53. The van der Waals surface area contributed by atoms with Gasteiger partial charge in [-0.15, -0.1) is 0 Å². The maximum Gasteiger partial charge on any atom is 0.259 e. The minimum Gasteiger partial charge on any atom is -0.206 e. The lowest BCUT2D eigenvalue weighted by Gasteiger charge is -2.20. The maximum absolute atomic E-state index is 13.2. The molecule has 84 valence electrons. The van der Waals surface area contributed by atoms with Crippen molar-refractivity contribution in [2.24, 2.45) is 0 Å². The zero-order valence-corrected chi connectivity index (χ0v) is 10.9. The molecule has 0 amide bonds. The highest BCUT2D eigenvalue weighted by Crippen LogP contribution is 2.31. The molecule has 3 heteroatoms. The third-order valence-corrected chi connectivity index (χ3v) is 3.99. The number of hydrogen-bond donors (Lipinski definition) is 0. The lowest BCUT2D eigenvalue weighted by atomic mass is 10.0. The Morgan fingerprint density at radius 3 is 2.40 bits per heavy atom. The maximum atomic E-state index is 13.2. The molecule has 1 rings (SSSR count). The van der Waals surface area contributed by atoms with Crippen LogP contribution in [0.2, 0.25) is 0 Å². The SMILES string of the molecule is CCC(F)(F)C(I)CCc1ccccc1. The predicted molar refractivity (Wildman–Crippen MR) is 67.8 cm³/mol. The first-order valence-electron chi connectivity index (χ1n) is 5.12. The zero-order valence-electron chi connectivity index (χ0n) is 8.72. The molecule has 0 aliphatic rings. The molecule has 0 saturated heterocycles. The van der Waals surface area contributed by atoms with Gasteiger partial charge in [0.15, 0.2) is 0 Å². The van der Waals surface area contributed by atoms with Crippen molar-refractivity contribution in [3.05, 3.63) is 35.9 Å². The summed E-state index contributed by atoms with van der Waals surface area (Å²) in [5, 5.41) is 0. The average molecular weight is 324 g/mol. The number of rotatable bonds is 5. The second kappa shape index (κ2) is 5.77. The minimum atomic E-state index is -2.53. The van der Waals surface area contributed by atoms with E-state index in [9.17, 15) is 8.78 Å². The third kappa shape index (κ3) is 4.05. The van der Waals surface area contributed by atoms with Crippen LogP contribution in [0.4, 0.5) is 8.78 Å². The first kappa shape index (κ1) is 12.9. The molecule has 0 aliphatic carbocycles. The highest BCUT2D eigenvalue weighted by molar-refractivity contribution is 14.1. The summed E-state index contributed by atoms with van der Waals surface area (Å²) in [4.78, 5) is 0. The topological polar surface area (TPSA) is 0 Å². The van der Waals surface area contributed by atoms with E-state index in [4.69, 9.17) is 0 Å². The fourth-order valence-corrected chi connectivity index (χ4v) is 2.12. The minimum absolute atomic E-state index is 0.0740. The van der Waals surface area contributed by atoms with E-state index in [1.165, 1.54) is 6.92 Å². The number of alkyl halides is 3.